The van der Waals surface area contributed by atoms with Crippen LogP contribution in [0.2, 0.25) is 0 Å². The SMILES string of the molecule is CCNc1ccc(C)cc1C(=O)NCC(C)C(C)C. The minimum atomic E-state index is 0.00662. The van der Waals surface area contributed by atoms with Crippen molar-refractivity contribution in [3.05, 3.63) is 29.3 Å². The largest absolute Gasteiger partial charge is 0.385 e. The van der Waals surface area contributed by atoms with Gasteiger partial charge in [-0.2, -0.15) is 0 Å². The third-order valence-corrected chi connectivity index (χ3v) is 3.51. The maximum Gasteiger partial charge on any atom is 0.253 e. The predicted octanol–water partition coefficient (Wildman–Crippen LogP) is 3.45. The van der Waals surface area contributed by atoms with Gasteiger partial charge in [-0.3, -0.25) is 4.79 Å². The lowest BCUT2D eigenvalue weighted by molar-refractivity contribution is 0.0945. The number of carbonyl (C=O) groups is 1. The van der Waals surface area contributed by atoms with Gasteiger partial charge in [-0.05, 0) is 37.8 Å². The van der Waals surface area contributed by atoms with Gasteiger partial charge < -0.3 is 10.6 Å². The molecule has 3 heteroatoms. The molecule has 0 heterocycles. The lowest BCUT2D eigenvalue weighted by Crippen LogP contribution is -2.30. The first-order valence-corrected chi connectivity index (χ1v) is 7.08. The van der Waals surface area contributed by atoms with Crippen LogP contribution in [-0.4, -0.2) is 19.0 Å². The van der Waals surface area contributed by atoms with Crippen LogP contribution < -0.4 is 10.6 Å². The number of aryl methyl sites for hydroxylation is 1. The highest BCUT2D eigenvalue weighted by atomic mass is 16.1. The molecule has 1 aromatic carbocycles. The van der Waals surface area contributed by atoms with Crippen molar-refractivity contribution >= 4 is 11.6 Å². The maximum absolute atomic E-state index is 12.3. The van der Waals surface area contributed by atoms with Gasteiger partial charge in [0.2, 0.25) is 0 Å². The van der Waals surface area contributed by atoms with E-state index in [0.29, 0.717) is 11.8 Å². The van der Waals surface area contributed by atoms with Gasteiger partial charge in [-0.25, -0.2) is 0 Å². The molecule has 0 bridgehead atoms. The maximum atomic E-state index is 12.3. The van der Waals surface area contributed by atoms with Gasteiger partial charge in [0, 0.05) is 18.8 Å². The van der Waals surface area contributed by atoms with Crippen molar-refractivity contribution in [3.8, 4) is 0 Å². The summed E-state index contributed by atoms with van der Waals surface area (Å²) >= 11 is 0. The van der Waals surface area contributed by atoms with Crippen LogP contribution in [0.25, 0.3) is 0 Å². The van der Waals surface area contributed by atoms with Crippen LogP contribution in [0, 0.1) is 18.8 Å². The molecule has 2 N–H and O–H groups in total. The highest BCUT2D eigenvalue weighted by Gasteiger charge is 2.13. The topological polar surface area (TPSA) is 41.1 Å². The molecule has 0 saturated carbocycles. The van der Waals surface area contributed by atoms with Crippen LogP contribution >= 0.6 is 0 Å². The van der Waals surface area contributed by atoms with Crippen LogP contribution in [0.15, 0.2) is 18.2 Å². The smallest absolute Gasteiger partial charge is 0.253 e. The van der Waals surface area contributed by atoms with E-state index in [9.17, 15) is 4.79 Å². The van der Waals surface area contributed by atoms with E-state index in [-0.39, 0.29) is 5.91 Å². The molecule has 0 aliphatic heterocycles. The molecule has 0 aliphatic carbocycles. The second-order valence-electron chi connectivity index (χ2n) is 5.51. The molecule has 1 aromatic rings. The molecule has 0 aliphatic rings. The van der Waals surface area contributed by atoms with Crippen LogP contribution in [0.4, 0.5) is 5.69 Å². The van der Waals surface area contributed by atoms with E-state index < -0.39 is 0 Å². The molecule has 0 radical (unpaired) electrons. The molecule has 1 amide bonds. The molecule has 0 aromatic heterocycles. The second kappa shape index (κ2) is 7.17. The lowest BCUT2D eigenvalue weighted by Gasteiger charge is -2.17. The lowest BCUT2D eigenvalue weighted by atomic mass is 9.98. The average Bonchev–Trinajstić information content (AvgIpc) is 2.37. The van der Waals surface area contributed by atoms with Gasteiger partial charge in [0.1, 0.15) is 0 Å². The van der Waals surface area contributed by atoms with E-state index >= 15 is 0 Å². The summed E-state index contributed by atoms with van der Waals surface area (Å²) < 4.78 is 0. The number of benzene rings is 1. The van der Waals surface area contributed by atoms with E-state index in [2.05, 4.69) is 31.4 Å². The standard InChI is InChI=1S/C16H26N2O/c1-6-17-15-8-7-12(4)9-14(15)16(19)18-10-13(5)11(2)3/h7-9,11,13,17H,6,10H2,1-5H3,(H,18,19). The third kappa shape index (κ3) is 4.58. The zero-order valence-corrected chi connectivity index (χ0v) is 12.7. The Bertz CT molecular complexity index is 427. The monoisotopic (exact) mass is 262 g/mol. The fourth-order valence-electron chi connectivity index (χ4n) is 1.78. The van der Waals surface area contributed by atoms with E-state index in [1.165, 1.54) is 0 Å². The number of carbonyl (C=O) groups excluding carboxylic acids is 1. The molecular formula is C16H26N2O. The number of rotatable bonds is 6. The van der Waals surface area contributed by atoms with Crippen LogP contribution in [-0.2, 0) is 0 Å². The van der Waals surface area contributed by atoms with Gasteiger partial charge in [0.05, 0.1) is 5.56 Å². The Morgan fingerprint density at radius 2 is 1.95 bits per heavy atom. The Balaban J connectivity index is 2.77. The summed E-state index contributed by atoms with van der Waals surface area (Å²) in [5.74, 6) is 1.06. The first-order chi connectivity index (χ1) is 8.95. The molecule has 0 fully saturated rings. The van der Waals surface area contributed by atoms with E-state index in [4.69, 9.17) is 0 Å². The number of hydrogen-bond acceptors (Lipinski definition) is 2. The summed E-state index contributed by atoms with van der Waals surface area (Å²) in [7, 11) is 0. The Morgan fingerprint density at radius 1 is 1.26 bits per heavy atom. The first-order valence-electron chi connectivity index (χ1n) is 7.08. The normalized spacial score (nSPS) is 12.3. The van der Waals surface area contributed by atoms with E-state index in [1.54, 1.807) is 0 Å². The third-order valence-electron chi connectivity index (χ3n) is 3.51. The van der Waals surface area contributed by atoms with Gasteiger partial charge in [-0.15, -0.1) is 0 Å². The van der Waals surface area contributed by atoms with Crippen LogP contribution in [0.1, 0.15) is 43.6 Å². The van der Waals surface area contributed by atoms with Crippen molar-refractivity contribution < 1.29 is 4.79 Å². The summed E-state index contributed by atoms with van der Waals surface area (Å²) in [6.07, 6.45) is 0. The fraction of sp³-hybridized carbons (Fsp3) is 0.562. The van der Waals surface area contributed by atoms with Gasteiger partial charge >= 0.3 is 0 Å². The van der Waals surface area contributed by atoms with Crippen molar-refractivity contribution in [2.24, 2.45) is 11.8 Å². The molecule has 1 rings (SSSR count). The number of anilines is 1. The molecular weight excluding hydrogens is 236 g/mol. The minimum absolute atomic E-state index is 0.00662. The number of nitrogens with one attached hydrogen (secondary N) is 2. The van der Waals surface area contributed by atoms with Crippen molar-refractivity contribution in [1.29, 1.82) is 0 Å². The summed E-state index contributed by atoms with van der Waals surface area (Å²) in [6.45, 7) is 12.1. The fourth-order valence-corrected chi connectivity index (χ4v) is 1.78. The first kappa shape index (κ1) is 15.5. The number of amides is 1. The number of hydrogen-bond donors (Lipinski definition) is 2. The zero-order valence-electron chi connectivity index (χ0n) is 12.7. The molecule has 0 spiro atoms. The highest BCUT2D eigenvalue weighted by Crippen LogP contribution is 2.17. The van der Waals surface area contributed by atoms with E-state index in [1.807, 2.05) is 32.0 Å². The Hall–Kier alpha value is -1.51. The minimum Gasteiger partial charge on any atom is -0.385 e. The van der Waals surface area contributed by atoms with Gasteiger partial charge in [0.15, 0.2) is 0 Å². The van der Waals surface area contributed by atoms with Gasteiger partial charge in [0.25, 0.3) is 5.91 Å². The highest BCUT2D eigenvalue weighted by molar-refractivity contribution is 5.99. The van der Waals surface area contributed by atoms with Crippen molar-refractivity contribution in [2.45, 2.75) is 34.6 Å². The second-order valence-corrected chi connectivity index (χ2v) is 5.51. The van der Waals surface area contributed by atoms with Gasteiger partial charge in [-0.1, -0.05) is 32.4 Å². The van der Waals surface area contributed by atoms with Crippen molar-refractivity contribution in [1.82, 2.24) is 5.32 Å². The summed E-state index contributed by atoms with van der Waals surface area (Å²) in [5, 5.41) is 6.26. The molecule has 106 valence electrons. The Labute approximate surface area is 116 Å². The quantitative estimate of drug-likeness (QED) is 0.824. The molecule has 1 unspecified atom stereocenters. The Morgan fingerprint density at radius 3 is 2.53 bits per heavy atom. The van der Waals surface area contributed by atoms with Crippen molar-refractivity contribution in [3.63, 3.8) is 0 Å². The molecule has 19 heavy (non-hydrogen) atoms. The predicted molar refractivity (Wildman–Crippen MR) is 81.7 cm³/mol. The van der Waals surface area contributed by atoms with Crippen LogP contribution in [0.5, 0.6) is 0 Å². The van der Waals surface area contributed by atoms with E-state index in [0.717, 1.165) is 29.9 Å². The zero-order chi connectivity index (χ0) is 14.4. The summed E-state index contributed by atoms with van der Waals surface area (Å²) in [4.78, 5) is 12.3. The average molecular weight is 262 g/mol. The summed E-state index contributed by atoms with van der Waals surface area (Å²) in [5.41, 5.74) is 2.74. The van der Waals surface area contributed by atoms with Crippen LogP contribution in [0.3, 0.4) is 0 Å². The summed E-state index contributed by atoms with van der Waals surface area (Å²) in [6, 6.07) is 5.93. The molecule has 3 nitrogen and oxygen atoms in total. The van der Waals surface area contributed by atoms with Crippen molar-refractivity contribution in [2.75, 3.05) is 18.4 Å². The molecule has 1 atom stereocenters. The molecule has 0 saturated heterocycles. The Kier molecular flexibility index (Phi) is 5.87.